The second-order valence-electron chi connectivity index (χ2n) is 5.46. The Morgan fingerprint density at radius 3 is 2.67 bits per heavy atom. The van der Waals surface area contributed by atoms with Gasteiger partial charge in [-0.25, -0.2) is 0 Å². The molecular formula is C19H16P2. The van der Waals surface area contributed by atoms with Crippen molar-refractivity contribution < 1.29 is 0 Å². The molecule has 1 aliphatic carbocycles. The molecule has 102 valence electrons. The van der Waals surface area contributed by atoms with Crippen LogP contribution in [-0.4, -0.2) is 5.66 Å². The molecule has 0 saturated carbocycles. The van der Waals surface area contributed by atoms with Crippen molar-refractivity contribution in [2.24, 2.45) is 0 Å². The Morgan fingerprint density at radius 2 is 1.71 bits per heavy atom. The summed E-state index contributed by atoms with van der Waals surface area (Å²) in [5.41, 5.74) is 3.27. The van der Waals surface area contributed by atoms with Gasteiger partial charge in [0.1, 0.15) is 0 Å². The molecule has 0 amide bonds. The third-order valence-electron chi connectivity index (χ3n) is 4.21. The fraction of sp³-hybridized carbons (Fsp3) is 0.105. The number of allylic oxidation sites excluding steroid dienone is 1. The number of fused-ring (bicyclic) bond motifs is 2. The highest BCUT2D eigenvalue weighted by atomic mass is 31.0. The molecule has 0 saturated heterocycles. The van der Waals surface area contributed by atoms with Crippen LogP contribution in [0.5, 0.6) is 0 Å². The van der Waals surface area contributed by atoms with Gasteiger partial charge in [0.2, 0.25) is 0 Å². The molecule has 1 aromatic heterocycles. The van der Waals surface area contributed by atoms with Crippen LogP contribution in [0.3, 0.4) is 0 Å². The maximum atomic E-state index is 3.02. The highest BCUT2D eigenvalue weighted by Crippen LogP contribution is 2.44. The lowest BCUT2D eigenvalue weighted by Crippen LogP contribution is -2.15. The van der Waals surface area contributed by atoms with Crippen LogP contribution < -0.4 is 0 Å². The average Bonchev–Trinajstić information content (AvgIpc) is 2.54. The smallest absolute Gasteiger partial charge is 0.0242 e. The maximum absolute atomic E-state index is 3.02. The normalized spacial score (nSPS) is 20.8. The first kappa shape index (κ1) is 13.2. The molecule has 0 spiro atoms. The third kappa shape index (κ3) is 2.24. The summed E-state index contributed by atoms with van der Waals surface area (Å²) in [6.45, 7) is 0. The van der Waals surface area contributed by atoms with Crippen LogP contribution >= 0.6 is 17.4 Å². The SMILES string of the molecule is PC1C=Cc2ccccc2C1c1pccc2ccccc12. The summed E-state index contributed by atoms with van der Waals surface area (Å²) in [5, 5.41) is 4.27. The van der Waals surface area contributed by atoms with E-state index in [4.69, 9.17) is 0 Å². The summed E-state index contributed by atoms with van der Waals surface area (Å²) < 4.78 is 0. The Balaban J connectivity index is 1.98. The Morgan fingerprint density at radius 1 is 0.905 bits per heavy atom. The first-order chi connectivity index (χ1) is 10.3. The van der Waals surface area contributed by atoms with Crippen molar-refractivity contribution >= 4 is 34.3 Å². The molecular weight excluding hydrogens is 290 g/mol. The molecule has 1 aliphatic rings. The minimum Gasteiger partial charge on any atom is -0.129 e. The van der Waals surface area contributed by atoms with E-state index in [1.54, 1.807) is 0 Å². The average molecular weight is 306 g/mol. The van der Waals surface area contributed by atoms with Gasteiger partial charge in [0.15, 0.2) is 0 Å². The fourth-order valence-corrected chi connectivity index (χ4v) is 5.08. The number of rotatable bonds is 1. The van der Waals surface area contributed by atoms with Gasteiger partial charge in [-0.05, 0) is 39.1 Å². The van der Waals surface area contributed by atoms with E-state index in [1.807, 2.05) is 0 Å². The van der Waals surface area contributed by atoms with E-state index in [1.165, 1.54) is 35.4 Å². The van der Waals surface area contributed by atoms with Crippen LogP contribution in [0.15, 0.2) is 66.5 Å². The van der Waals surface area contributed by atoms with Crippen molar-refractivity contribution in [1.29, 1.82) is 0 Å². The Bertz CT molecular complexity index is 830. The van der Waals surface area contributed by atoms with E-state index in [-0.39, 0.29) is 0 Å². The van der Waals surface area contributed by atoms with Crippen LogP contribution in [0.4, 0.5) is 0 Å². The van der Waals surface area contributed by atoms with Crippen LogP contribution in [0.1, 0.15) is 22.3 Å². The molecule has 0 nitrogen and oxygen atoms in total. The lowest BCUT2D eigenvalue weighted by molar-refractivity contribution is 0.860. The van der Waals surface area contributed by atoms with Gasteiger partial charge in [-0.3, -0.25) is 0 Å². The van der Waals surface area contributed by atoms with Crippen molar-refractivity contribution in [1.82, 2.24) is 0 Å². The van der Waals surface area contributed by atoms with Crippen LogP contribution in [0, 0.1) is 0 Å². The van der Waals surface area contributed by atoms with E-state index < -0.39 is 0 Å². The van der Waals surface area contributed by atoms with Crippen LogP contribution in [0.25, 0.3) is 16.8 Å². The Labute approximate surface area is 129 Å². The first-order valence-corrected chi connectivity index (χ1v) is 8.84. The second-order valence-corrected chi connectivity index (χ2v) is 7.27. The molecule has 3 unspecified atom stereocenters. The summed E-state index contributed by atoms with van der Waals surface area (Å²) >= 11 is 0. The molecule has 0 N–H and O–H groups in total. The Hall–Kier alpha value is -1.48. The number of hydrogen-bond acceptors (Lipinski definition) is 0. The summed E-state index contributed by atoms with van der Waals surface area (Å²) in [7, 11) is 4.34. The first-order valence-electron chi connectivity index (χ1n) is 7.21. The zero-order valence-corrected chi connectivity index (χ0v) is 13.7. The van der Waals surface area contributed by atoms with Gasteiger partial charge in [0.05, 0.1) is 0 Å². The molecule has 0 aliphatic heterocycles. The quantitative estimate of drug-likeness (QED) is 0.497. The zero-order valence-electron chi connectivity index (χ0n) is 11.6. The third-order valence-corrected chi connectivity index (χ3v) is 5.92. The Kier molecular flexibility index (Phi) is 3.38. The van der Waals surface area contributed by atoms with Crippen molar-refractivity contribution in [3.63, 3.8) is 0 Å². The minimum absolute atomic E-state index is 0.448. The summed E-state index contributed by atoms with van der Waals surface area (Å²) in [5.74, 6) is 2.72. The van der Waals surface area contributed by atoms with Crippen LogP contribution in [-0.2, 0) is 0 Å². The van der Waals surface area contributed by atoms with Gasteiger partial charge in [-0.1, -0.05) is 68.9 Å². The monoisotopic (exact) mass is 306 g/mol. The minimum atomic E-state index is 0.448. The topological polar surface area (TPSA) is 0 Å². The van der Waals surface area contributed by atoms with Crippen molar-refractivity contribution in [3.8, 4) is 0 Å². The van der Waals surface area contributed by atoms with Crippen molar-refractivity contribution in [2.45, 2.75) is 11.6 Å². The van der Waals surface area contributed by atoms with Crippen molar-refractivity contribution in [3.05, 3.63) is 82.9 Å². The summed E-state index contributed by atoms with van der Waals surface area (Å²) in [6, 6.07) is 19.8. The van der Waals surface area contributed by atoms with E-state index in [2.05, 4.69) is 81.8 Å². The molecule has 3 atom stereocenters. The molecule has 2 aromatic carbocycles. The summed E-state index contributed by atoms with van der Waals surface area (Å²) in [6.07, 6.45) is 4.58. The van der Waals surface area contributed by atoms with E-state index >= 15 is 0 Å². The van der Waals surface area contributed by atoms with E-state index in [9.17, 15) is 0 Å². The maximum Gasteiger partial charge on any atom is 0.0242 e. The molecule has 3 aromatic rings. The van der Waals surface area contributed by atoms with Gasteiger partial charge in [0, 0.05) is 11.6 Å². The second kappa shape index (κ2) is 5.38. The standard InChI is InChI=1S/C19H16P2/c20-17-10-9-13-5-1-3-7-15(13)18(17)19-16-8-4-2-6-14(16)11-12-21-19/h1-12,17-18H,20H2. The number of benzene rings is 2. The molecule has 2 heteroatoms. The fourth-order valence-electron chi connectivity index (χ4n) is 3.20. The van der Waals surface area contributed by atoms with Gasteiger partial charge in [-0.15, -0.1) is 9.24 Å². The molecule has 4 rings (SSSR count). The largest absolute Gasteiger partial charge is 0.129 e. The molecule has 0 bridgehead atoms. The molecule has 0 radical (unpaired) electrons. The summed E-state index contributed by atoms with van der Waals surface area (Å²) in [4.78, 5) is 0. The zero-order chi connectivity index (χ0) is 14.2. The lowest BCUT2D eigenvalue weighted by Gasteiger charge is -2.28. The highest BCUT2D eigenvalue weighted by molar-refractivity contribution is 7.30. The van der Waals surface area contributed by atoms with Crippen molar-refractivity contribution in [2.75, 3.05) is 0 Å². The predicted octanol–water partition coefficient (Wildman–Crippen LogP) is 5.82. The molecule has 1 heterocycles. The predicted molar refractivity (Wildman–Crippen MR) is 97.3 cm³/mol. The van der Waals surface area contributed by atoms with Gasteiger partial charge >= 0.3 is 0 Å². The van der Waals surface area contributed by atoms with E-state index in [0.717, 1.165) is 0 Å². The van der Waals surface area contributed by atoms with Gasteiger partial charge in [-0.2, -0.15) is 0 Å². The molecule has 0 fully saturated rings. The lowest BCUT2D eigenvalue weighted by atomic mass is 9.84. The molecule has 21 heavy (non-hydrogen) atoms. The van der Waals surface area contributed by atoms with Gasteiger partial charge in [0.25, 0.3) is 0 Å². The van der Waals surface area contributed by atoms with E-state index in [0.29, 0.717) is 11.6 Å². The number of hydrogen-bond donors (Lipinski definition) is 0. The van der Waals surface area contributed by atoms with Gasteiger partial charge < -0.3 is 0 Å². The highest BCUT2D eigenvalue weighted by Gasteiger charge is 2.26. The van der Waals surface area contributed by atoms with Crippen LogP contribution in [0.2, 0.25) is 0 Å².